The van der Waals surface area contributed by atoms with Gasteiger partial charge >= 0.3 is 0 Å². The van der Waals surface area contributed by atoms with Crippen LogP contribution in [0.2, 0.25) is 0 Å². The summed E-state index contributed by atoms with van der Waals surface area (Å²) in [5.74, 6) is 0.831. The van der Waals surface area contributed by atoms with Crippen LogP contribution in [0.4, 0.5) is 0 Å². The lowest BCUT2D eigenvalue weighted by atomic mass is 10.2. The van der Waals surface area contributed by atoms with Crippen molar-refractivity contribution in [3.05, 3.63) is 24.3 Å². The van der Waals surface area contributed by atoms with Crippen LogP contribution in [0.25, 0.3) is 0 Å². The second kappa shape index (κ2) is 6.39. The van der Waals surface area contributed by atoms with Crippen LogP contribution in [0.15, 0.2) is 29.2 Å². The Morgan fingerprint density at radius 1 is 1.28 bits per heavy atom. The third-order valence-electron chi connectivity index (χ3n) is 2.36. The number of nitrogens with two attached hydrogens (primary N) is 1. The third kappa shape index (κ3) is 5.18. The van der Waals surface area contributed by atoms with Gasteiger partial charge in [0.2, 0.25) is 0 Å². The molecule has 0 saturated carbocycles. The van der Waals surface area contributed by atoms with E-state index in [9.17, 15) is 8.42 Å². The first kappa shape index (κ1) is 14.5. The zero-order valence-corrected chi connectivity index (χ0v) is 11.2. The van der Waals surface area contributed by atoms with Crippen LogP contribution in [0.5, 0.6) is 5.75 Å². The molecule has 0 aromatic heterocycles. The largest absolute Gasteiger partial charge is 0.494 e. The summed E-state index contributed by atoms with van der Waals surface area (Å²) in [6.45, 7) is 0.533. The van der Waals surface area contributed by atoms with Gasteiger partial charge in [0.1, 0.15) is 5.75 Å². The van der Waals surface area contributed by atoms with Crippen molar-refractivity contribution in [1.82, 2.24) is 0 Å². The summed E-state index contributed by atoms with van der Waals surface area (Å²) in [5, 5.41) is 7.06. The van der Waals surface area contributed by atoms with E-state index in [1.165, 1.54) is 18.4 Å². The lowest BCUT2D eigenvalue weighted by molar-refractivity contribution is 0.307. The second-order valence-electron chi connectivity index (χ2n) is 4.07. The van der Waals surface area contributed by atoms with E-state index in [4.69, 9.17) is 15.9 Å². The first-order chi connectivity index (χ1) is 8.39. The smallest absolute Gasteiger partial charge is 0.175 e. The topological polar surface area (TPSA) is 93.2 Å². The molecule has 1 aromatic rings. The van der Waals surface area contributed by atoms with Gasteiger partial charge in [0, 0.05) is 12.7 Å². The predicted octanol–water partition coefficient (Wildman–Crippen LogP) is 1.58. The van der Waals surface area contributed by atoms with Crippen molar-refractivity contribution in [2.24, 2.45) is 5.73 Å². The van der Waals surface area contributed by atoms with Gasteiger partial charge in [-0.3, -0.25) is 5.41 Å². The minimum atomic E-state index is -3.15. The molecule has 5 nitrogen and oxygen atoms in total. The van der Waals surface area contributed by atoms with E-state index in [0.29, 0.717) is 18.8 Å². The average Bonchev–Trinajstić information content (AvgIpc) is 2.27. The minimum Gasteiger partial charge on any atom is -0.494 e. The molecule has 1 rings (SSSR count). The van der Waals surface area contributed by atoms with E-state index in [1.807, 2.05) is 0 Å². The Balaban J connectivity index is 2.38. The Morgan fingerprint density at radius 2 is 1.89 bits per heavy atom. The number of rotatable bonds is 7. The molecular formula is C12H18N2O3S. The Hall–Kier alpha value is -1.56. The van der Waals surface area contributed by atoms with Crippen molar-refractivity contribution in [1.29, 1.82) is 5.41 Å². The van der Waals surface area contributed by atoms with Gasteiger partial charge in [-0.05, 0) is 37.1 Å². The number of amidine groups is 1. The summed E-state index contributed by atoms with van der Waals surface area (Å²) in [4.78, 5) is 0.284. The van der Waals surface area contributed by atoms with Crippen LogP contribution in [-0.2, 0) is 9.84 Å². The van der Waals surface area contributed by atoms with Gasteiger partial charge in [-0.15, -0.1) is 0 Å². The molecule has 0 amide bonds. The van der Waals surface area contributed by atoms with Crippen LogP contribution in [0.1, 0.15) is 19.3 Å². The zero-order chi connectivity index (χ0) is 13.6. The number of benzene rings is 1. The quantitative estimate of drug-likeness (QED) is 0.447. The van der Waals surface area contributed by atoms with E-state index in [2.05, 4.69) is 0 Å². The van der Waals surface area contributed by atoms with Crippen molar-refractivity contribution in [2.75, 3.05) is 12.9 Å². The minimum absolute atomic E-state index is 0.188. The summed E-state index contributed by atoms with van der Waals surface area (Å²) >= 11 is 0. The molecule has 3 N–H and O–H groups in total. The second-order valence-corrected chi connectivity index (χ2v) is 6.09. The van der Waals surface area contributed by atoms with E-state index < -0.39 is 9.84 Å². The molecule has 0 unspecified atom stereocenters. The van der Waals surface area contributed by atoms with Crippen LogP contribution in [-0.4, -0.2) is 27.1 Å². The van der Waals surface area contributed by atoms with Crippen molar-refractivity contribution in [2.45, 2.75) is 24.2 Å². The summed E-state index contributed by atoms with van der Waals surface area (Å²) in [6, 6.07) is 6.34. The normalized spacial score (nSPS) is 11.2. The Kier molecular flexibility index (Phi) is 5.15. The Bertz CT molecular complexity index is 495. The highest BCUT2D eigenvalue weighted by Gasteiger charge is 2.06. The Labute approximate surface area is 107 Å². The zero-order valence-electron chi connectivity index (χ0n) is 10.3. The van der Waals surface area contributed by atoms with E-state index in [1.54, 1.807) is 12.1 Å². The number of hydrogen-bond acceptors (Lipinski definition) is 4. The maximum Gasteiger partial charge on any atom is 0.175 e. The van der Waals surface area contributed by atoms with Crippen molar-refractivity contribution in [3.8, 4) is 5.75 Å². The standard InChI is InChI=1S/C12H18N2O3S/c1-18(15,16)11-7-5-10(6-8-11)17-9-3-2-4-12(13)14/h5-8H,2-4,9H2,1H3,(H3,13,14). The molecule has 0 fully saturated rings. The monoisotopic (exact) mass is 270 g/mol. The number of sulfone groups is 1. The molecule has 0 aliphatic rings. The Morgan fingerprint density at radius 3 is 2.39 bits per heavy atom. The van der Waals surface area contributed by atoms with Gasteiger partial charge in [0.15, 0.2) is 9.84 Å². The molecule has 0 bridgehead atoms. The lowest BCUT2D eigenvalue weighted by Gasteiger charge is -2.06. The first-order valence-corrected chi connectivity index (χ1v) is 7.54. The van der Waals surface area contributed by atoms with Crippen LogP contribution >= 0.6 is 0 Å². The molecule has 100 valence electrons. The van der Waals surface area contributed by atoms with E-state index in [-0.39, 0.29) is 10.7 Å². The van der Waals surface area contributed by atoms with E-state index >= 15 is 0 Å². The molecule has 0 radical (unpaired) electrons. The van der Waals surface area contributed by atoms with Gasteiger partial charge in [-0.2, -0.15) is 0 Å². The van der Waals surface area contributed by atoms with Crippen LogP contribution in [0, 0.1) is 5.41 Å². The lowest BCUT2D eigenvalue weighted by Crippen LogP contribution is -2.09. The molecule has 0 saturated heterocycles. The van der Waals surface area contributed by atoms with Crippen LogP contribution < -0.4 is 10.5 Å². The third-order valence-corrected chi connectivity index (χ3v) is 3.49. The summed E-state index contributed by atoms with van der Waals surface area (Å²) in [6.07, 6.45) is 3.38. The number of unbranched alkanes of at least 4 members (excludes halogenated alkanes) is 1. The number of ether oxygens (including phenoxy) is 1. The maximum atomic E-state index is 11.2. The average molecular weight is 270 g/mol. The molecule has 0 aliphatic heterocycles. The molecule has 0 heterocycles. The molecule has 0 atom stereocenters. The van der Waals surface area contributed by atoms with Crippen molar-refractivity contribution >= 4 is 15.7 Å². The van der Waals surface area contributed by atoms with Gasteiger partial charge in [-0.25, -0.2) is 8.42 Å². The summed E-state index contributed by atoms with van der Waals surface area (Å²) < 4.78 is 27.9. The van der Waals surface area contributed by atoms with E-state index in [0.717, 1.165) is 12.8 Å². The SMILES string of the molecule is CS(=O)(=O)c1ccc(OCCCCC(=N)N)cc1. The fourth-order valence-corrected chi connectivity index (χ4v) is 2.02. The highest BCUT2D eigenvalue weighted by Crippen LogP contribution is 2.16. The highest BCUT2D eigenvalue weighted by molar-refractivity contribution is 7.90. The van der Waals surface area contributed by atoms with Crippen molar-refractivity contribution < 1.29 is 13.2 Å². The molecule has 18 heavy (non-hydrogen) atoms. The van der Waals surface area contributed by atoms with Crippen LogP contribution in [0.3, 0.4) is 0 Å². The molecule has 6 heteroatoms. The molecule has 1 aromatic carbocycles. The number of nitrogens with one attached hydrogen (secondary N) is 1. The van der Waals surface area contributed by atoms with Gasteiger partial charge in [0.05, 0.1) is 17.3 Å². The summed E-state index contributed by atoms with van der Waals surface area (Å²) in [7, 11) is -3.15. The molecule has 0 spiro atoms. The predicted molar refractivity (Wildman–Crippen MR) is 70.8 cm³/mol. The number of hydrogen-bond donors (Lipinski definition) is 2. The fraction of sp³-hybridized carbons (Fsp3) is 0.417. The van der Waals surface area contributed by atoms with Gasteiger partial charge < -0.3 is 10.5 Å². The fourth-order valence-electron chi connectivity index (χ4n) is 1.39. The maximum absolute atomic E-state index is 11.2. The van der Waals surface area contributed by atoms with Gasteiger partial charge in [0.25, 0.3) is 0 Å². The first-order valence-electron chi connectivity index (χ1n) is 5.65. The van der Waals surface area contributed by atoms with Gasteiger partial charge in [-0.1, -0.05) is 0 Å². The highest BCUT2D eigenvalue weighted by atomic mass is 32.2. The van der Waals surface area contributed by atoms with Crippen molar-refractivity contribution in [3.63, 3.8) is 0 Å². The molecular weight excluding hydrogens is 252 g/mol. The molecule has 0 aliphatic carbocycles. The summed E-state index contributed by atoms with van der Waals surface area (Å²) in [5.41, 5.74) is 5.23.